The van der Waals surface area contributed by atoms with Crippen molar-refractivity contribution < 1.29 is 14.3 Å². The highest BCUT2D eigenvalue weighted by molar-refractivity contribution is 6.31. The highest BCUT2D eigenvalue weighted by Crippen LogP contribution is 2.38. The summed E-state index contributed by atoms with van der Waals surface area (Å²) in [6, 6.07) is 9.25. The summed E-state index contributed by atoms with van der Waals surface area (Å²) < 4.78 is 4.82. The van der Waals surface area contributed by atoms with E-state index >= 15 is 0 Å². The Hall–Kier alpha value is -2.07. The first-order valence-corrected chi connectivity index (χ1v) is 6.43. The van der Waals surface area contributed by atoms with Crippen molar-refractivity contribution in [2.24, 2.45) is 0 Å². The molecule has 1 aromatic carbocycles. The van der Waals surface area contributed by atoms with Crippen LogP contribution in [0.4, 0.5) is 0 Å². The van der Waals surface area contributed by atoms with Crippen LogP contribution in [0.25, 0.3) is 0 Å². The zero-order valence-corrected chi connectivity index (χ0v) is 11.9. The lowest BCUT2D eigenvalue weighted by molar-refractivity contribution is -0.136. The first-order valence-electron chi connectivity index (χ1n) is 6.06. The number of aldehydes is 1. The fourth-order valence-corrected chi connectivity index (χ4v) is 2.59. The van der Waals surface area contributed by atoms with Gasteiger partial charge in [-0.15, -0.1) is 0 Å². The van der Waals surface area contributed by atoms with Crippen LogP contribution in [0.15, 0.2) is 52.3 Å². The Balaban J connectivity index is 2.62. The molecule has 1 aliphatic heterocycles. The van der Waals surface area contributed by atoms with Gasteiger partial charge >= 0.3 is 5.97 Å². The average molecular weight is 292 g/mol. The molecule has 4 nitrogen and oxygen atoms in total. The van der Waals surface area contributed by atoms with Gasteiger partial charge in [-0.05, 0) is 12.5 Å². The van der Waals surface area contributed by atoms with E-state index in [2.05, 4.69) is 5.32 Å². The summed E-state index contributed by atoms with van der Waals surface area (Å²) in [6.07, 6.45) is 0.669. The van der Waals surface area contributed by atoms with Crippen LogP contribution in [0.1, 0.15) is 18.4 Å². The molecule has 0 unspecified atom stereocenters. The molecular formula is C15H14ClNO3. The molecule has 0 spiro atoms. The highest BCUT2D eigenvalue weighted by Gasteiger charge is 2.34. The topological polar surface area (TPSA) is 55.4 Å². The summed E-state index contributed by atoms with van der Waals surface area (Å²) in [5, 5.41) is 3.07. The molecule has 0 fully saturated rings. The minimum absolute atomic E-state index is 0.235. The zero-order chi connectivity index (χ0) is 14.7. The molecule has 0 aliphatic carbocycles. The van der Waals surface area contributed by atoms with Crippen molar-refractivity contribution in [2.45, 2.75) is 12.8 Å². The van der Waals surface area contributed by atoms with Crippen LogP contribution in [-0.2, 0) is 14.3 Å². The van der Waals surface area contributed by atoms with Crippen molar-refractivity contribution >= 4 is 23.9 Å². The molecule has 1 heterocycles. The molecule has 1 aliphatic rings. The predicted octanol–water partition coefficient (Wildman–Crippen LogP) is 2.47. The third-order valence-corrected chi connectivity index (χ3v) is 3.53. The Labute approximate surface area is 122 Å². The molecule has 0 aromatic heterocycles. The van der Waals surface area contributed by atoms with Gasteiger partial charge < -0.3 is 10.1 Å². The monoisotopic (exact) mass is 291 g/mol. The highest BCUT2D eigenvalue weighted by atomic mass is 35.5. The maximum absolute atomic E-state index is 12.0. The number of dihydropyridines is 1. The number of esters is 1. The van der Waals surface area contributed by atoms with Crippen molar-refractivity contribution in [2.75, 3.05) is 7.11 Å². The van der Waals surface area contributed by atoms with E-state index in [-0.39, 0.29) is 5.16 Å². The Morgan fingerprint density at radius 2 is 2.00 bits per heavy atom. The summed E-state index contributed by atoms with van der Waals surface area (Å²) >= 11 is 6.09. The van der Waals surface area contributed by atoms with E-state index in [1.165, 1.54) is 7.11 Å². The SMILES string of the molecule is COC(=O)C1=C(C)NC(Cl)=C(C=O)[C@H]1c1ccccc1. The van der Waals surface area contributed by atoms with Gasteiger partial charge in [0.15, 0.2) is 0 Å². The molecule has 2 rings (SSSR count). The second-order valence-electron chi connectivity index (χ2n) is 4.39. The van der Waals surface area contributed by atoms with Gasteiger partial charge in [0.05, 0.1) is 12.7 Å². The third kappa shape index (κ3) is 2.47. The number of allylic oxidation sites excluding steroid dienone is 2. The van der Waals surface area contributed by atoms with Gasteiger partial charge in [0.25, 0.3) is 0 Å². The van der Waals surface area contributed by atoms with E-state index < -0.39 is 11.9 Å². The minimum Gasteiger partial charge on any atom is -0.466 e. The number of hydrogen-bond donors (Lipinski definition) is 1. The van der Waals surface area contributed by atoms with E-state index in [0.29, 0.717) is 23.1 Å². The molecule has 5 heteroatoms. The van der Waals surface area contributed by atoms with Gasteiger partial charge in [-0.3, -0.25) is 4.79 Å². The molecule has 0 amide bonds. The molecule has 104 valence electrons. The predicted molar refractivity (Wildman–Crippen MR) is 76.0 cm³/mol. The average Bonchev–Trinajstić information content (AvgIpc) is 2.46. The van der Waals surface area contributed by atoms with Gasteiger partial charge in [-0.1, -0.05) is 41.9 Å². The second kappa shape index (κ2) is 5.92. The number of methoxy groups -OCH3 is 1. The molecule has 20 heavy (non-hydrogen) atoms. The molecule has 1 N–H and O–H groups in total. The van der Waals surface area contributed by atoms with Crippen molar-refractivity contribution in [3.63, 3.8) is 0 Å². The fraction of sp³-hybridized carbons (Fsp3) is 0.200. The minimum atomic E-state index is -0.519. The fourth-order valence-electron chi connectivity index (χ4n) is 2.30. The molecule has 1 aromatic rings. The molecular weight excluding hydrogens is 278 g/mol. The van der Waals surface area contributed by atoms with Gasteiger partial charge in [0, 0.05) is 17.2 Å². The van der Waals surface area contributed by atoms with E-state index in [9.17, 15) is 9.59 Å². The summed E-state index contributed by atoms with van der Waals surface area (Å²) in [4.78, 5) is 23.4. The summed E-state index contributed by atoms with van der Waals surface area (Å²) in [6.45, 7) is 1.73. The van der Waals surface area contributed by atoms with Crippen molar-refractivity contribution in [3.8, 4) is 0 Å². The molecule has 0 saturated carbocycles. The van der Waals surface area contributed by atoms with Crippen LogP contribution in [0, 0.1) is 0 Å². The third-order valence-electron chi connectivity index (χ3n) is 3.22. The first-order chi connectivity index (χ1) is 9.60. The number of carbonyl (C=O) groups excluding carboxylic acids is 2. The quantitative estimate of drug-likeness (QED) is 0.528. The Bertz CT molecular complexity index is 605. The number of rotatable bonds is 3. The largest absolute Gasteiger partial charge is 0.466 e. The summed E-state index contributed by atoms with van der Waals surface area (Å²) in [5.74, 6) is -0.998. The van der Waals surface area contributed by atoms with Gasteiger partial charge in [-0.25, -0.2) is 4.79 Å². The van der Waals surface area contributed by atoms with Crippen LogP contribution in [0.5, 0.6) is 0 Å². The number of benzene rings is 1. The van der Waals surface area contributed by atoms with Gasteiger partial charge in [0.2, 0.25) is 0 Å². The molecule has 0 bridgehead atoms. The van der Waals surface area contributed by atoms with Gasteiger partial charge in [0.1, 0.15) is 11.4 Å². The molecule has 0 radical (unpaired) electrons. The zero-order valence-electron chi connectivity index (χ0n) is 11.1. The number of nitrogens with one attached hydrogen (secondary N) is 1. The summed E-state index contributed by atoms with van der Waals surface area (Å²) in [5.41, 5.74) is 2.12. The Kier molecular flexibility index (Phi) is 4.25. The maximum Gasteiger partial charge on any atom is 0.336 e. The van der Waals surface area contributed by atoms with Crippen molar-refractivity contribution in [1.82, 2.24) is 5.32 Å². The Morgan fingerprint density at radius 1 is 1.35 bits per heavy atom. The van der Waals surface area contributed by atoms with Crippen LogP contribution in [0.2, 0.25) is 0 Å². The number of ether oxygens (including phenoxy) is 1. The van der Waals surface area contributed by atoms with Crippen LogP contribution in [0.3, 0.4) is 0 Å². The number of carbonyl (C=O) groups is 2. The first kappa shape index (κ1) is 14.3. The van der Waals surface area contributed by atoms with E-state index in [4.69, 9.17) is 16.3 Å². The van der Waals surface area contributed by atoms with Crippen LogP contribution >= 0.6 is 11.6 Å². The van der Waals surface area contributed by atoms with E-state index in [1.807, 2.05) is 30.3 Å². The molecule has 0 saturated heterocycles. The normalized spacial score (nSPS) is 18.6. The molecule has 1 atom stereocenters. The van der Waals surface area contributed by atoms with Crippen LogP contribution in [-0.4, -0.2) is 19.4 Å². The van der Waals surface area contributed by atoms with E-state index in [1.54, 1.807) is 6.92 Å². The van der Waals surface area contributed by atoms with E-state index in [0.717, 1.165) is 5.56 Å². The smallest absolute Gasteiger partial charge is 0.336 e. The second-order valence-corrected chi connectivity index (χ2v) is 4.76. The van der Waals surface area contributed by atoms with Crippen molar-refractivity contribution in [3.05, 3.63) is 57.9 Å². The maximum atomic E-state index is 12.0. The lowest BCUT2D eigenvalue weighted by atomic mass is 9.82. The van der Waals surface area contributed by atoms with Gasteiger partial charge in [-0.2, -0.15) is 0 Å². The lowest BCUT2D eigenvalue weighted by Gasteiger charge is -2.27. The summed E-state index contributed by atoms with van der Waals surface area (Å²) in [7, 11) is 1.31. The number of halogens is 1. The van der Waals surface area contributed by atoms with Crippen molar-refractivity contribution in [1.29, 1.82) is 0 Å². The van der Waals surface area contributed by atoms with Crippen LogP contribution < -0.4 is 5.32 Å². The lowest BCUT2D eigenvalue weighted by Crippen LogP contribution is -2.28. The number of hydrogen-bond acceptors (Lipinski definition) is 4. The standard InChI is InChI=1S/C15H14ClNO3/c1-9-12(15(19)20-2)13(10-6-4-3-5-7-10)11(8-18)14(16)17-9/h3-8,13,17H,1-2H3/t13-/m1/s1. The Morgan fingerprint density at radius 3 is 2.55 bits per heavy atom.